The summed E-state index contributed by atoms with van der Waals surface area (Å²) in [6.45, 7) is 9.32. The first-order valence-electron chi connectivity index (χ1n) is 5.38. The van der Waals surface area contributed by atoms with Crippen LogP contribution >= 0.6 is 0 Å². The van der Waals surface area contributed by atoms with Crippen molar-refractivity contribution in [3.05, 3.63) is 0 Å². The molecule has 0 atom stereocenters. The Balaban J connectivity index is 2.40. The third-order valence-electron chi connectivity index (χ3n) is 3.50. The maximum absolute atomic E-state index is 5.36. The lowest BCUT2D eigenvalue weighted by molar-refractivity contribution is 0.00542. The molecule has 0 bridgehead atoms. The first kappa shape index (κ1) is 11.0. The normalized spacial score (nSPS) is 22.2. The summed E-state index contributed by atoms with van der Waals surface area (Å²) in [6, 6.07) is 0. The molecule has 0 saturated carbocycles. The van der Waals surface area contributed by atoms with Gasteiger partial charge in [0.05, 0.1) is 6.10 Å². The molecule has 1 rings (SSSR count). The highest BCUT2D eigenvalue weighted by molar-refractivity contribution is 4.84. The second-order valence-corrected chi connectivity index (χ2v) is 4.59. The summed E-state index contributed by atoms with van der Waals surface area (Å²) in [5.41, 5.74) is 0.374. The van der Waals surface area contributed by atoms with Gasteiger partial charge in [0.25, 0.3) is 0 Å². The first-order valence-corrected chi connectivity index (χ1v) is 5.38. The van der Waals surface area contributed by atoms with Gasteiger partial charge in [-0.1, -0.05) is 6.92 Å². The van der Waals surface area contributed by atoms with Crippen molar-refractivity contribution in [2.45, 2.75) is 51.7 Å². The number of methoxy groups -OCH3 is 1. The van der Waals surface area contributed by atoms with E-state index in [0.717, 1.165) is 0 Å². The predicted molar refractivity (Wildman–Crippen MR) is 56.0 cm³/mol. The van der Waals surface area contributed by atoms with Crippen molar-refractivity contribution in [1.82, 2.24) is 4.90 Å². The fourth-order valence-electron chi connectivity index (χ4n) is 1.92. The second kappa shape index (κ2) is 4.43. The quantitative estimate of drug-likeness (QED) is 0.669. The molecule has 2 heteroatoms. The average molecular weight is 185 g/mol. The van der Waals surface area contributed by atoms with Gasteiger partial charge in [0.15, 0.2) is 0 Å². The molecule has 13 heavy (non-hydrogen) atoms. The summed E-state index contributed by atoms with van der Waals surface area (Å²) in [4.78, 5) is 2.59. The Morgan fingerprint density at radius 3 is 2.23 bits per heavy atom. The summed E-state index contributed by atoms with van der Waals surface area (Å²) in [5.74, 6) is 0. The lowest BCUT2D eigenvalue weighted by Gasteiger charge is -2.42. The zero-order chi connectivity index (χ0) is 9.90. The van der Waals surface area contributed by atoms with E-state index in [1.54, 1.807) is 0 Å². The van der Waals surface area contributed by atoms with E-state index in [4.69, 9.17) is 4.74 Å². The van der Waals surface area contributed by atoms with E-state index >= 15 is 0 Å². The third-order valence-corrected chi connectivity index (χ3v) is 3.50. The lowest BCUT2D eigenvalue weighted by atomic mass is 9.95. The van der Waals surface area contributed by atoms with E-state index in [9.17, 15) is 0 Å². The van der Waals surface area contributed by atoms with Gasteiger partial charge in [-0.25, -0.2) is 0 Å². The second-order valence-electron chi connectivity index (χ2n) is 4.59. The number of hydrogen-bond acceptors (Lipinski definition) is 2. The largest absolute Gasteiger partial charge is 0.381 e. The standard InChI is InChI=1S/C11H23NO/c1-5-11(2,3)12-8-6-10(13-4)7-9-12/h10H,5-9H2,1-4H3. The maximum atomic E-state index is 5.36. The predicted octanol–water partition coefficient (Wildman–Crippen LogP) is 2.29. The van der Waals surface area contributed by atoms with Crippen LogP contribution in [-0.4, -0.2) is 36.7 Å². The summed E-state index contributed by atoms with van der Waals surface area (Å²) in [5, 5.41) is 0. The van der Waals surface area contributed by atoms with Gasteiger partial charge < -0.3 is 4.74 Å². The minimum absolute atomic E-state index is 0.374. The molecule has 2 nitrogen and oxygen atoms in total. The summed E-state index contributed by atoms with van der Waals surface area (Å²) >= 11 is 0. The molecular formula is C11H23NO. The molecule has 0 amide bonds. The van der Waals surface area contributed by atoms with Crippen LogP contribution in [0.5, 0.6) is 0 Å². The highest BCUT2D eigenvalue weighted by Crippen LogP contribution is 2.24. The van der Waals surface area contributed by atoms with Gasteiger partial charge in [0.1, 0.15) is 0 Å². The fraction of sp³-hybridized carbons (Fsp3) is 1.00. The minimum Gasteiger partial charge on any atom is -0.381 e. The van der Waals surface area contributed by atoms with Gasteiger partial charge in [0.2, 0.25) is 0 Å². The number of likely N-dealkylation sites (tertiary alicyclic amines) is 1. The highest BCUT2D eigenvalue weighted by atomic mass is 16.5. The molecule has 0 unspecified atom stereocenters. The molecule has 0 N–H and O–H groups in total. The monoisotopic (exact) mass is 185 g/mol. The van der Waals surface area contributed by atoms with Crippen molar-refractivity contribution >= 4 is 0 Å². The molecular weight excluding hydrogens is 162 g/mol. The Morgan fingerprint density at radius 2 is 1.85 bits per heavy atom. The van der Waals surface area contributed by atoms with Crippen LogP contribution in [0.25, 0.3) is 0 Å². The number of ether oxygens (including phenoxy) is 1. The SMILES string of the molecule is CCC(C)(C)N1CCC(OC)CC1. The third kappa shape index (κ3) is 2.68. The van der Waals surface area contributed by atoms with Crippen molar-refractivity contribution in [3.63, 3.8) is 0 Å². The highest BCUT2D eigenvalue weighted by Gasteiger charge is 2.28. The minimum atomic E-state index is 0.374. The Kier molecular flexibility index (Phi) is 3.74. The smallest absolute Gasteiger partial charge is 0.0595 e. The van der Waals surface area contributed by atoms with Crippen molar-refractivity contribution in [2.75, 3.05) is 20.2 Å². The van der Waals surface area contributed by atoms with Gasteiger partial charge in [-0.3, -0.25) is 4.90 Å². The maximum Gasteiger partial charge on any atom is 0.0595 e. The molecule has 0 aromatic rings. The van der Waals surface area contributed by atoms with Gasteiger partial charge in [0, 0.05) is 25.7 Å². The van der Waals surface area contributed by atoms with Crippen molar-refractivity contribution in [3.8, 4) is 0 Å². The summed E-state index contributed by atoms with van der Waals surface area (Å²) in [7, 11) is 1.82. The number of nitrogens with zero attached hydrogens (tertiary/aromatic N) is 1. The Hall–Kier alpha value is -0.0800. The van der Waals surface area contributed by atoms with E-state index in [0.29, 0.717) is 11.6 Å². The topological polar surface area (TPSA) is 12.5 Å². The fourth-order valence-corrected chi connectivity index (χ4v) is 1.92. The van der Waals surface area contributed by atoms with Crippen LogP contribution in [0.1, 0.15) is 40.0 Å². The van der Waals surface area contributed by atoms with Crippen molar-refractivity contribution in [1.29, 1.82) is 0 Å². The molecule has 0 spiro atoms. The molecule has 78 valence electrons. The summed E-state index contributed by atoms with van der Waals surface area (Å²) < 4.78 is 5.36. The van der Waals surface area contributed by atoms with Crippen LogP contribution in [0.2, 0.25) is 0 Å². The van der Waals surface area contributed by atoms with Crippen LogP contribution in [0.3, 0.4) is 0 Å². The molecule has 0 aromatic heterocycles. The van der Waals surface area contributed by atoms with Crippen LogP contribution in [0.4, 0.5) is 0 Å². The van der Waals surface area contributed by atoms with E-state index < -0.39 is 0 Å². The zero-order valence-corrected chi connectivity index (χ0v) is 9.47. The van der Waals surface area contributed by atoms with E-state index in [1.807, 2.05) is 7.11 Å². The zero-order valence-electron chi connectivity index (χ0n) is 9.47. The summed E-state index contributed by atoms with van der Waals surface area (Å²) in [6.07, 6.45) is 4.12. The molecule has 1 aliphatic heterocycles. The van der Waals surface area contributed by atoms with Crippen LogP contribution in [-0.2, 0) is 4.74 Å². The van der Waals surface area contributed by atoms with E-state index in [1.165, 1.54) is 32.4 Å². The average Bonchev–Trinajstić information content (AvgIpc) is 2.18. The molecule has 1 aliphatic rings. The molecule has 1 heterocycles. The lowest BCUT2D eigenvalue weighted by Crippen LogP contribution is -2.48. The Bertz CT molecular complexity index is 148. The number of hydrogen-bond donors (Lipinski definition) is 0. The molecule has 0 radical (unpaired) electrons. The van der Waals surface area contributed by atoms with Crippen molar-refractivity contribution in [2.24, 2.45) is 0 Å². The van der Waals surface area contributed by atoms with Crippen LogP contribution in [0, 0.1) is 0 Å². The van der Waals surface area contributed by atoms with Gasteiger partial charge >= 0.3 is 0 Å². The van der Waals surface area contributed by atoms with Crippen LogP contribution < -0.4 is 0 Å². The molecule has 0 aliphatic carbocycles. The molecule has 1 fully saturated rings. The molecule has 0 aromatic carbocycles. The van der Waals surface area contributed by atoms with E-state index in [-0.39, 0.29) is 0 Å². The van der Waals surface area contributed by atoms with Gasteiger partial charge in [-0.15, -0.1) is 0 Å². The van der Waals surface area contributed by atoms with Crippen LogP contribution in [0.15, 0.2) is 0 Å². The Labute approximate surface area is 82.3 Å². The van der Waals surface area contributed by atoms with E-state index in [2.05, 4.69) is 25.7 Å². The first-order chi connectivity index (χ1) is 6.10. The number of rotatable bonds is 3. The molecule has 1 saturated heterocycles. The number of piperidine rings is 1. The Morgan fingerprint density at radius 1 is 1.31 bits per heavy atom. The van der Waals surface area contributed by atoms with Gasteiger partial charge in [-0.2, -0.15) is 0 Å². The van der Waals surface area contributed by atoms with Gasteiger partial charge in [-0.05, 0) is 33.1 Å². The van der Waals surface area contributed by atoms with Crippen molar-refractivity contribution < 1.29 is 4.74 Å².